The fraction of sp³-hybridized carbons (Fsp3) is 0.300. The molecule has 28 heavy (non-hydrogen) atoms. The number of hydrogen-bond donors (Lipinski definition) is 1. The number of carbonyl (C=O) groups excluding carboxylic acids is 2. The van der Waals surface area contributed by atoms with Crippen molar-refractivity contribution in [2.24, 2.45) is 0 Å². The predicted molar refractivity (Wildman–Crippen MR) is 101 cm³/mol. The predicted octanol–water partition coefficient (Wildman–Crippen LogP) is 2.40. The molecule has 0 radical (unpaired) electrons. The summed E-state index contributed by atoms with van der Waals surface area (Å²) in [5.74, 6) is 0.336. The third-order valence-electron chi connectivity index (χ3n) is 4.91. The first kappa shape index (κ1) is 18.0. The van der Waals surface area contributed by atoms with Gasteiger partial charge in [-0.25, -0.2) is 9.78 Å². The van der Waals surface area contributed by atoms with Crippen LogP contribution < -0.4 is 0 Å². The van der Waals surface area contributed by atoms with Crippen LogP contribution in [0.2, 0.25) is 0 Å². The van der Waals surface area contributed by atoms with Crippen LogP contribution in [0.3, 0.4) is 0 Å². The van der Waals surface area contributed by atoms with Crippen LogP contribution in [0.4, 0.5) is 0 Å². The van der Waals surface area contributed by atoms with E-state index in [2.05, 4.69) is 15.2 Å². The molecule has 8 heteroatoms. The van der Waals surface area contributed by atoms with E-state index >= 15 is 0 Å². The monoisotopic (exact) mass is 379 g/mol. The van der Waals surface area contributed by atoms with Gasteiger partial charge in [0.1, 0.15) is 11.4 Å². The lowest BCUT2D eigenvalue weighted by Crippen LogP contribution is -2.28. The molecular formula is C20H21N5O3. The van der Waals surface area contributed by atoms with E-state index in [4.69, 9.17) is 4.74 Å². The molecule has 1 amide bonds. The Labute approximate surface area is 162 Å². The Morgan fingerprint density at radius 1 is 1.25 bits per heavy atom. The lowest BCUT2D eigenvalue weighted by atomic mass is 10.0. The van der Waals surface area contributed by atoms with Crippen LogP contribution >= 0.6 is 0 Å². The van der Waals surface area contributed by atoms with Crippen molar-refractivity contribution in [2.75, 3.05) is 19.7 Å². The Morgan fingerprint density at radius 3 is 2.79 bits per heavy atom. The molecule has 1 saturated heterocycles. The molecular weight excluding hydrogens is 358 g/mol. The lowest BCUT2D eigenvalue weighted by Gasteiger charge is -2.16. The highest BCUT2D eigenvalue weighted by Gasteiger charge is 2.32. The summed E-state index contributed by atoms with van der Waals surface area (Å²) in [6.45, 7) is 3.21. The SMILES string of the molecule is CCOC(=O)c1cn[nH]c1C1CCN(C(=O)c2ccc(-n3cccc3)nc2)C1. The van der Waals surface area contributed by atoms with Crippen molar-refractivity contribution < 1.29 is 14.3 Å². The standard InChI is InChI=1S/C20H21N5O3/c1-2-28-20(27)16-12-22-23-18(16)15-7-10-25(13-15)19(26)14-5-6-17(21-11-14)24-8-3-4-9-24/h3-6,8-9,11-12,15H,2,7,10,13H2,1H3,(H,22,23). The Kier molecular flexibility index (Phi) is 4.92. The maximum Gasteiger partial charge on any atom is 0.341 e. The molecule has 8 nitrogen and oxygen atoms in total. The van der Waals surface area contributed by atoms with Gasteiger partial charge >= 0.3 is 5.97 Å². The maximum atomic E-state index is 12.8. The third kappa shape index (κ3) is 3.40. The molecule has 1 aliphatic rings. The number of amides is 1. The summed E-state index contributed by atoms with van der Waals surface area (Å²) in [6, 6.07) is 7.46. The van der Waals surface area contributed by atoms with Crippen molar-refractivity contribution >= 4 is 11.9 Å². The summed E-state index contributed by atoms with van der Waals surface area (Å²) < 4.78 is 6.97. The highest BCUT2D eigenvalue weighted by atomic mass is 16.5. The zero-order valence-corrected chi connectivity index (χ0v) is 15.5. The molecule has 1 unspecified atom stereocenters. The van der Waals surface area contributed by atoms with Crippen molar-refractivity contribution in [3.8, 4) is 5.82 Å². The molecule has 0 spiro atoms. The van der Waals surface area contributed by atoms with Gasteiger partial charge in [-0.15, -0.1) is 0 Å². The average molecular weight is 379 g/mol. The van der Waals surface area contributed by atoms with Gasteiger partial charge in [-0.2, -0.15) is 5.10 Å². The average Bonchev–Trinajstić information content (AvgIpc) is 3.48. The minimum Gasteiger partial charge on any atom is -0.462 e. The van der Waals surface area contributed by atoms with E-state index in [0.29, 0.717) is 30.8 Å². The molecule has 4 heterocycles. The molecule has 0 bridgehead atoms. The first-order valence-corrected chi connectivity index (χ1v) is 9.26. The van der Waals surface area contributed by atoms with Gasteiger partial charge < -0.3 is 14.2 Å². The van der Waals surface area contributed by atoms with Crippen LogP contribution in [-0.4, -0.2) is 56.2 Å². The smallest absolute Gasteiger partial charge is 0.341 e. The largest absolute Gasteiger partial charge is 0.462 e. The highest BCUT2D eigenvalue weighted by molar-refractivity contribution is 5.94. The Bertz CT molecular complexity index is 962. The van der Waals surface area contributed by atoms with Crippen LogP contribution in [0.25, 0.3) is 5.82 Å². The zero-order valence-electron chi connectivity index (χ0n) is 15.5. The summed E-state index contributed by atoms with van der Waals surface area (Å²) in [4.78, 5) is 31.1. The molecule has 4 rings (SSSR count). The Hall–Kier alpha value is -3.42. The molecule has 1 aliphatic heterocycles. The van der Waals surface area contributed by atoms with E-state index in [9.17, 15) is 9.59 Å². The fourth-order valence-electron chi connectivity index (χ4n) is 3.49. The van der Waals surface area contributed by atoms with Crippen LogP contribution in [0.15, 0.2) is 49.1 Å². The summed E-state index contributed by atoms with van der Waals surface area (Å²) >= 11 is 0. The van der Waals surface area contributed by atoms with Crippen LogP contribution in [0.5, 0.6) is 0 Å². The molecule has 1 atom stereocenters. The van der Waals surface area contributed by atoms with Crippen molar-refractivity contribution in [1.82, 2.24) is 24.6 Å². The minimum absolute atomic E-state index is 0.0259. The number of H-pyrrole nitrogens is 1. The van der Waals surface area contributed by atoms with Crippen LogP contribution in [-0.2, 0) is 4.74 Å². The quantitative estimate of drug-likeness (QED) is 0.687. The number of rotatable bonds is 5. The van der Waals surface area contributed by atoms with E-state index in [-0.39, 0.29) is 17.8 Å². The number of nitrogens with one attached hydrogen (secondary N) is 1. The van der Waals surface area contributed by atoms with Gasteiger partial charge in [0, 0.05) is 37.6 Å². The number of nitrogens with zero attached hydrogens (tertiary/aromatic N) is 4. The summed E-state index contributed by atoms with van der Waals surface area (Å²) in [7, 11) is 0. The van der Waals surface area contributed by atoms with Gasteiger partial charge in [-0.3, -0.25) is 9.89 Å². The number of aromatic amines is 1. The van der Waals surface area contributed by atoms with Crippen molar-refractivity contribution in [3.05, 3.63) is 65.9 Å². The van der Waals surface area contributed by atoms with E-state index in [1.165, 1.54) is 6.20 Å². The topological polar surface area (TPSA) is 93.1 Å². The third-order valence-corrected chi connectivity index (χ3v) is 4.91. The van der Waals surface area contributed by atoms with Crippen molar-refractivity contribution in [2.45, 2.75) is 19.3 Å². The van der Waals surface area contributed by atoms with Gasteiger partial charge in [0.15, 0.2) is 0 Å². The molecule has 1 fully saturated rings. The van der Waals surface area contributed by atoms with E-state index in [1.54, 1.807) is 24.1 Å². The zero-order chi connectivity index (χ0) is 19.5. The second-order valence-corrected chi connectivity index (χ2v) is 6.65. The highest BCUT2D eigenvalue weighted by Crippen LogP contribution is 2.29. The molecule has 0 aromatic carbocycles. The maximum absolute atomic E-state index is 12.8. The minimum atomic E-state index is -0.388. The first-order chi connectivity index (χ1) is 13.7. The van der Waals surface area contributed by atoms with Crippen LogP contribution in [0.1, 0.15) is 45.7 Å². The number of carbonyl (C=O) groups is 2. The first-order valence-electron chi connectivity index (χ1n) is 9.26. The van der Waals surface area contributed by atoms with Gasteiger partial charge in [0.25, 0.3) is 5.91 Å². The summed E-state index contributed by atoms with van der Waals surface area (Å²) in [5.41, 5.74) is 1.72. The number of ether oxygens (including phenoxy) is 1. The second-order valence-electron chi connectivity index (χ2n) is 6.65. The molecule has 3 aromatic rings. The second kappa shape index (κ2) is 7.67. The van der Waals surface area contributed by atoms with E-state index in [1.807, 2.05) is 35.2 Å². The van der Waals surface area contributed by atoms with Gasteiger partial charge in [0.2, 0.25) is 0 Å². The Balaban J connectivity index is 1.45. The number of likely N-dealkylation sites (tertiary alicyclic amines) is 1. The van der Waals surface area contributed by atoms with Crippen LogP contribution in [0, 0.1) is 0 Å². The number of hydrogen-bond acceptors (Lipinski definition) is 5. The number of pyridine rings is 1. The number of aromatic nitrogens is 4. The van der Waals surface area contributed by atoms with Crippen molar-refractivity contribution in [3.63, 3.8) is 0 Å². The molecule has 0 saturated carbocycles. The summed E-state index contributed by atoms with van der Waals surface area (Å²) in [5, 5.41) is 6.90. The van der Waals surface area contributed by atoms with Crippen molar-refractivity contribution in [1.29, 1.82) is 0 Å². The normalized spacial score (nSPS) is 16.3. The Morgan fingerprint density at radius 2 is 2.07 bits per heavy atom. The van der Waals surface area contributed by atoms with Gasteiger partial charge in [-0.05, 0) is 37.6 Å². The number of esters is 1. The van der Waals surface area contributed by atoms with E-state index < -0.39 is 0 Å². The van der Waals surface area contributed by atoms with Gasteiger partial charge in [-0.1, -0.05) is 0 Å². The molecule has 3 aromatic heterocycles. The van der Waals surface area contributed by atoms with Gasteiger partial charge in [0.05, 0.1) is 24.1 Å². The summed E-state index contributed by atoms with van der Waals surface area (Å²) in [6.07, 6.45) is 7.66. The lowest BCUT2D eigenvalue weighted by molar-refractivity contribution is 0.0524. The molecule has 1 N–H and O–H groups in total. The van der Waals surface area contributed by atoms with E-state index in [0.717, 1.165) is 17.9 Å². The molecule has 0 aliphatic carbocycles. The molecule has 144 valence electrons. The fourth-order valence-corrected chi connectivity index (χ4v) is 3.49.